The molecule has 0 aliphatic carbocycles. The second kappa shape index (κ2) is 4.68. The summed E-state index contributed by atoms with van der Waals surface area (Å²) in [6.07, 6.45) is 2.74. The first-order valence-electron chi connectivity index (χ1n) is 2.95. The zero-order valence-corrected chi connectivity index (χ0v) is 6.98. The van der Waals surface area contributed by atoms with E-state index in [0.717, 1.165) is 12.8 Å². The van der Waals surface area contributed by atoms with E-state index in [2.05, 4.69) is 22.9 Å². The van der Waals surface area contributed by atoms with E-state index in [1.807, 2.05) is 0 Å². The Morgan fingerprint density at radius 3 is 2.33 bits per heavy atom. The van der Waals surface area contributed by atoms with E-state index in [1.54, 1.807) is 0 Å². The van der Waals surface area contributed by atoms with E-state index in [1.165, 1.54) is 0 Å². The Morgan fingerprint density at radius 1 is 1.44 bits per heavy atom. The average Bonchev–Trinajstić information content (AvgIpc) is 1.82. The Balaban J connectivity index is 3.50. The van der Waals surface area contributed by atoms with Crippen molar-refractivity contribution in [2.75, 3.05) is 0 Å². The fraction of sp³-hybridized carbons (Fsp3) is 0.667. The van der Waals surface area contributed by atoms with Crippen LogP contribution in [-0.4, -0.2) is 10.2 Å². The third-order valence-corrected chi connectivity index (χ3v) is 1.74. The molecule has 0 saturated heterocycles. The normalized spacial score (nSPS) is 9.11. The Kier molecular flexibility index (Phi) is 4.58. The molecule has 0 aromatic rings. The van der Waals surface area contributed by atoms with E-state index in [9.17, 15) is 0 Å². The Morgan fingerprint density at radius 2 is 2.00 bits per heavy atom. The van der Waals surface area contributed by atoms with Crippen molar-refractivity contribution in [1.82, 2.24) is 0 Å². The average molecular weight is 195 g/mol. The van der Waals surface area contributed by atoms with Gasteiger partial charge in [0.15, 0.2) is 0 Å². The third-order valence-electron chi connectivity index (χ3n) is 0.992. The van der Waals surface area contributed by atoms with Gasteiger partial charge in [-0.15, -0.1) is 0 Å². The molecule has 0 unspecified atom stereocenters. The molecule has 0 aromatic heterocycles. The lowest BCUT2D eigenvalue weighted by molar-refractivity contribution is 0.187. The molecule has 0 fully saturated rings. The standard InChI is InChI=1S/C6H11BrO2/c1-2-3-4-5(7)6(8)9/h8-9H,2-4H2,1H3. The SMILES string of the molecule is CCCCC(Br)=C(O)O. The molecule has 0 atom stereocenters. The quantitative estimate of drug-likeness (QED) is 0.679. The topological polar surface area (TPSA) is 40.5 Å². The fourth-order valence-electron chi connectivity index (χ4n) is 0.444. The summed E-state index contributed by atoms with van der Waals surface area (Å²) >= 11 is 3.02. The molecule has 0 bridgehead atoms. The number of allylic oxidation sites excluding steroid dienone is 1. The van der Waals surface area contributed by atoms with Gasteiger partial charge in [-0.3, -0.25) is 0 Å². The van der Waals surface area contributed by atoms with Crippen LogP contribution in [0.2, 0.25) is 0 Å². The van der Waals surface area contributed by atoms with Gasteiger partial charge in [0.05, 0.1) is 4.48 Å². The van der Waals surface area contributed by atoms with Gasteiger partial charge in [0.25, 0.3) is 5.95 Å². The molecule has 0 radical (unpaired) electrons. The van der Waals surface area contributed by atoms with Gasteiger partial charge in [0.1, 0.15) is 0 Å². The van der Waals surface area contributed by atoms with Crippen molar-refractivity contribution in [3.8, 4) is 0 Å². The molecule has 2 N–H and O–H groups in total. The summed E-state index contributed by atoms with van der Waals surface area (Å²) in [5.41, 5.74) is 0. The number of rotatable bonds is 3. The molecule has 0 rings (SSSR count). The maximum Gasteiger partial charge on any atom is 0.284 e. The van der Waals surface area contributed by atoms with Crippen molar-refractivity contribution in [3.05, 3.63) is 10.4 Å². The van der Waals surface area contributed by atoms with Crippen LogP contribution in [0.5, 0.6) is 0 Å². The van der Waals surface area contributed by atoms with Crippen LogP contribution in [-0.2, 0) is 0 Å². The van der Waals surface area contributed by atoms with Crippen molar-refractivity contribution in [3.63, 3.8) is 0 Å². The zero-order valence-electron chi connectivity index (χ0n) is 5.39. The van der Waals surface area contributed by atoms with Crippen LogP contribution in [0.3, 0.4) is 0 Å². The Hall–Kier alpha value is -0.180. The number of hydrogen-bond acceptors (Lipinski definition) is 2. The minimum absolute atomic E-state index is 0.490. The van der Waals surface area contributed by atoms with Gasteiger partial charge >= 0.3 is 0 Å². The lowest BCUT2D eigenvalue weighted by Gasteiger charge is -1.95. The Bertz CT molecular complexity index is 106. The first-order chi connectivity index (χ1) is 4.18. The fourth-order valence-corrected chi connectivity index (χ4v) is 0.724. The molecule has 0 aliphatic rings. The summed E-state index contributed by atoms with van der Waals surface area (Å²) in [6, 6.07) is 0. The molecule has 2 nitrogen and oxygen atoms in total. The summed E-state index contributed by atoms with van der Waals surface area (Å²) in [5, 5.41) is 16.9. The Labute approximate surface area is 63.3 Å². The summed E-state index contributed by atoms with van der Waals surface area (Å²) < 4.78 is 0.490. The summed E-state index contributed by atoms with van der Waals surface area (Å²) in [5.74, 6) is -0.594. The van der Waals surface area contributed by atoms with E-state index in [-0.39, 0.29) is 0 Å². The van der Waals surface area contributed by atoms with Gasteiger partial charge in [-0.1, -0.05) is 13.3 Å². The largest absolute Gasteiger partial charge is 0.481 e. The molecule has 0 aliphatic heterocycles. The summed E-state index contributed by atoms with van der Waals surface area (Å²) in [4.78, 5) is 0. The second-order valence-electron chi connectivity index (χ2n) is 1.83. The first-order valence-corrected chi connectivity index (χ1v) is 3.74. The first kappa shape index (κ1) is 8.82. The number of unbranched alkanes of at least 4 members (excludes halogenated alkanes) is 1. The van der Waals surface area contributed by atoms with Crippen LogP contribution in [0.15, 0.2) is 10.4 Å². The molecule has 9 heavy (non-hydrogen) atoms. The predicted molar refractivity (Wildman–Crippen MR) is 40.7 cm³/mol. The van der Waals surface area contributed by atoms with Crippen molar-refractivity contribution in [2.45, 2.75) is 26.2 Å². The highest BCUT2D eigenvalue weighted by molar-refractivity contribution is 9.11. The van der Waals surface area contributed by atoms with E-state index >= 15 is 0 Å². The van der Waals surface area contributed by atoms with Crippen LogP contribution in [0.4, 0.5) is 0 Å². The van der Waals surface area contributed by atoms with Crippen molar-refractivity contribution < 1.29 is 10.2 Å². The molecular weight excluding hydrogens is 184 g/mol. The van der Waals surface area contributed by atoms with Crippen LogP contribution in [0, 0.1) is 0 Å². The van der Waals surface area contributed by atoms with Gasteiger partial charge < -0.3 is 10.2 Å². The molecular formula is C6H11BrO2. The maximum atomic E-state index is 8.44. The van der Waals surface area contributed by atoms with E-state index in [0.29, 0.717) is 10.9 Å². The number of aliphatic hydroxyl groups is 2. The van der Waals surface area contributed by atoms with Crippen molar-refractivity contribution in [2.24, 2.45) is 0 Å². The summed E-state index contributed by atoms with van der Waals surface area (Å²) in [7, 11) is 0. The highest BCUT2D eigenvalue weighted by atomic mass is 79.9. The van der Waals surface area contributed by atoms with Crippen LogP contribution >= 0.6 is 15.9 Å². The molecule has 0 heterocycles. The van der Waals surface area contributed by atoms with Gasteiger partial charge in [-0.2, -0.15) is 0 Å². The number of aliphatic hydroxyl groups excluding tert-OH is 1. The van der Waals surface area contributed by atoms with E-state index < -0.39 is 5.95 Å². The number of halogens is 1. The monoisotopic (exact) mass is 194 g/mol. The van der Waals surface area contributed by atoms with Crippen molar-refractivity contribution >= 4 is 15.9 Å². The lowest BCUT2D eigenvalue weighted by Crippen LogP contribution is -1.82. The molecule has 0 amide bonds. The van der Waals surface area contributed by atoms with Gasteiger partial charge in [0, 0.05) is 0 Å². The van der Waals surface area contributed by atoms with Crippen LogP contribution in [0.25, 0.3) is 0 Å². The van der Waals surface area contributed by atoms with Crippen molar-refractivity contribution in [1.29, 1.82) is 0 Å². The maximum absolute atomic E-state index is 8.44. The highest BCUT2D eigenvalue weighted by Gasteiger charge is 1.97. The predicted octanol–water partition coefficient (Wildman–Crippen LogP) is 2.86. The molecule has 0 saturated carbocycles. The third kappa shape index (κ3) is 4.33. The zero-order chi connectivity index (χ0) is 7.28. The van der Waals surface area contributed by atoms with Gasteiger partial charge in [0.2, 0.25) is 0 Å². The van der Waals surface area contributed by atoms with Crippen LogP contribution in [0.1, 0.15) is 26.2 Å². The molecule has 3 heteroatoms. The van der Waals surface area contributed by atoms with Gasteiger partial charge in [-0.05, 0) is 28.8 Å². The molecule has 54 valence electrons. The van der Waals surface area contributed by atoms with Gasteiger partial charge in [-0.25, -0.2) is 0 Å². The highest BCUT2D eigenvalue weighted by Crippen LogP contribution is 2.15. The minimum atomic E-state index is -0.594. The van der Waals surface area contributed by atoms with Crippen LogP contribution < -0.4 is 0 Å². The summed E-state index contributed by atoms with van der Waals surface area (Å²) in [6.45, 7) is 2.05. The number of hydrogen-bond donors (Lipinski definition) is 2. The molecule has 0 spiro atoms. The smallest absolute Gasteiger partial charge is 0.284 e. The lowest BCUT2D eigenvalue weighted by atomic mass is 10.2. The van der Waals surface area contributed by atoms with E-state index in [4.69, 9.17) is 10.2 Å². The second-order valence-corrected chi connectivity index (χ2v) is 2.79. The molecule has 0 aromatic carbocycles. The minimum Gasteiger partial charge on any atom is -0.481 e.